The number of anilines is 1. The van der Waals surface area contributed by atoms with Gasteiger partial charge in [-0.05, 0) is 25.3 Å². The van der Waals surface area contributed by atoms with Gasteiger partial charge in [0.15, 0.2) is 4.21 Å². The lowest BCUT2D eigenvalue weighted by atomic mass is 9.66. The van der Waals surface area contributed by atoms with E-state index in [1.165, 1.54) is 5.01 Å². The summed E-state index contributed by atoms with van der Waals surface area (Å²) in [5.41, 5.74) is 0.244. The molecule has 0 bridgehead atoms. The highest BCUT2D eigenvalue weighted by Crippen LogP contribution is 2.49. The fourth-order valence-corrected chi connectivity index (χ4v) is 5.59. The van der Waals surface area contributed by atoms with E-state index in [-0.39, 0.29) is 9.62 Å². The molecule has 2 N–H and O–H groups in total. The van der Waals surface area contributed by atoms with Crippen molar-refractivity contribution in [1.29, 1.82) is 0 Å². The van der Waals surface area contributed by atoms with Crippen molar-refractivity contribution in [3.05, 3.63) is 10.4 Å². The Balaban J connectivity index is 2.16. The van der Waals surface area contributed by atoms with Crippen LogP contribution in [-0.2, 0) is 10.0 Å². The molecular weight excluding hydrogens is 306 g/mol. The number of rotatable bonds is 2. The van der Waals surface area contributed by atoms with E-state index in [1.54, 1.807) is 6.07 Å². The molecule has 1 fully saturated rings. The number of hydrogen-bond acceptors (Lipinski definition) is 5. The number of hydrogen-bond donors (Lipinski definition) is 1. The van der Waals surface area contributed by atoms with E-state index in [4.69, 9.17) is 17.4 Å². The van der Waals surface area contributed by atoms with Crippen molar-refractivity contribution < 1.29 is 8.42 Å². The summed E-state index contributed by atoms with van der Waals surface area (Å²) in [6, 6.07) is 1.59. The second-order valence-corrected chi connectivity index (χ2v) is 8.45. The number of thiophene rings is 1. The Labute approximate surface area is 121 Å². The third-order valence-corrected chi connectivity index (χ3v) is 7.06. The van der Waals surface area contributed by atoms with Crippen LogP contribution in [0.3, 0.4) is 0 Å². The molecule has 2 heterocycles. The van der Waals surface area contributed by atoms with E-state index in [0.717, 1.165) is 37.0 Å². The Morgan fingerprint density at radius 1 is 1.58 bits per heavy atom. The molecule has 1 aliphatic carbocycles. The van der Waals surface area contributed by atoms with Gasteiger partial charge in [-0.25, -0.2) is 5.84 Å². The van der Waals surface area contributed by atoms with Crippen LogP contribution in [0.25, 0.3) is 0 Å². The number of amidine groups is 1. The van der Waals surface area contributed by atoms with Gasteiger partial charge in [-0.3, -0.25) is 5.01 Å². The van der Waals surface area contributed by atoms with Gasteiger partial charge in [-0.1, -0.05) is 24.9 Å². The van der Waals surface area contributed by atoms with E-state index in [1.807, 2.05) is 6.92 Å². The molecule has 5 nitrogen and oxygen atoms in total. The second-order valence-electron chi connectivity index (χ2n) is 4.97. The zero-order valence-corrected chi connectivity index (χ0v) is 12.8. The van der Waals surface area contributed by atoms with Crippen molar-refractivity contribution in [3.8, 4) is 0 Å². The SMILES string of the molecule is CCC1(C2=NS(=O)(=O)c3sc(Cl)cc3N2N)CCC1. The molecular formula is C11H14ClN3O2S2. The Morgan fingerprint density at radius 3 is 2.79 bits per heavy atom. The molecule has 2 aliphatic rings. The third-order valence-electron chi connectivity index (χ3n) is 4.04. The molecule has 104 valence electrons. The zero-order valence-electron chi connectivity index (χ0n) is 10.4. The molecule has 1 saturated carbocycles. The molecule has 0 radical (unpaired) electrons. The zero-order chi connectivity index (χ0) is 13.8. The average molecular weight is 320 g/mol. The molecule has 1 aliphatic heterocycles. The minimum atomic E-state index is -3.67. The largest absolute Gasteiger partial charge is 0.295 e. The van der Waals surface area contributed by atoms with Gasteiger partial charge in [0.1, 0.15) is 5.84 Å². The maximum Gasteiger partial charge on any atom is 0.295 e. The predicted octanol–water partition coefficient (Wildman–Crippen LogP) is 2.76. The van der Waals surface area contributed by atoms with Crippen LogP contribution < -0.4 is 10.9 Å². The summed E-state index contributed by atoms with van der Waals surface area (Å²) >= 11 is 6.90. The van der Waals surface area contributed by atoms with E-state index in [2.05, 4.69) is 4.40 Å². The first-order chi connectivity index (χ1) is 8.89. The highest BCUT2D eigenvalue weighted by atomic mass is 35.5. The number of nitrogens with two attached hydrogens (primary N) is 1. The van der Waals surface area contributed by atoms with Crippen molar-refractivity contribution in [1.82, 2.24) is 0 Å². The number of fused-ring (bicyclic) bond motifs is 1. The van der Waals surface area contributed by atoms with Gasteiger partial charge in [0.2, 0.25) is 0 Å². The molecule has 0 aromatic carbocycles. The quantitative estimate of drug-likeness (QED) is 0.850. The Morgan fingerprint density at radius 2 is 2.26 bits per heavy atom. The smallest absolute Gasteiger partial charge is 0.262 e. The molecule has 0 spiro atoms. The molecule has 8 heteroatoms. The van der Waals surface area contributed by atoms with Crippen LogP contribution in [0.15, 0.2) is 14.7 Å². The standard InChI is InChI=1S/C11H14ClN3O2S2/c1-2-11(4-3-5-11)10-14-19(16,17)9-7(15(10)13)6-8(12)18-9/h6H,2-5,13H2,1H3. The lowest BCUT2D eigenvalue weighted by molar-refractivity contribution is 0.221. The highest BCUT2D eigenvalue weighted by Gasteiger charge is 2.46. The van der Waals surface area contributed by atoms with Crippen LogP contribution in [0, 0.1) is 5.41 Å². The van der Waals surface area contributed by atoms with Crippen molar-refractivity contribution >= 4 is 44.5 Å². The topological polar surface area (TPSA) is 75.8 Å². The van der Waals surface area contributed by atoms with Crippen molar-refractivity contribution in [2.75, 3.05) is 5.01 Å². The molecule has 0 atom stereocenters. The van der Waals surface area contributed by atoms with Gasteiger partial charge in [-0.15, -0.1) is 15.7 Å². The van der Waals surface area contributed by atoms with Crippen LogP contribution in [-0.4, -0.2) is 14.3 Å². The number of hydrazine groups is 1. The number of nitrogens with zero attached hydrogens (tertiary/aromatic N) is 2. The van der Waals surface area contributed by atoms with Gasteiger partial charge in [-0.2, -0.15) is 8.42 Å². The summed E-state index contributed by atoms with van der Waals surface area (Å²) in [6.45, 7) is 2.04. The number of halogens is 1. The summed E-state index contributed by atoms with van der Waals surface area (Å²) in [6.07, 6.45) is 3.78. The first-order valence-corrected chi connectivity index (χ1v) is 8.73. The minimum absolute atomic E-state index is 0.134. The van der Waals surface area contributed by atoms with E-state index < -0.39 is 10.0 Å². The fraction of sp³-hybridized carbons (Fsp3) is 0.545. The Hall–Kier alpha value is -0.630. The van der Waals surface area contributed by atoms with Crippen LogP contribution in [0.4, 0.5) is 5.69 Å². The average Bonchev–Trinajstić information content (AvgIpc) is 2.68. The van der Waals surface area contributed by atoms with Crippen molar-refractivity contribution in [3.63, 3.8) is 0 Å². The summed E-state index contributed by atoms with van der Waals surface area (Å²) in [5, 5.41) is 1.40. The minimum Gasteiger partial charge on any atom is -0.262 e. The predicted molar refractivity (Wildman–Crippen MR) is 77.2 cm³/mol. The summed E-state index contributed by atoms with van der Waals surface area (Å²) in [7, 11) is -3.67. The lowest BCUT2D eigenvalue weighted by Gasteiger charge is -2.45. The van der Waals surface area contributed by atoms with Gasteiger partial charge in [0, 0.05) is 5.41 Å². The highest BCUT2D eigenvalue weighted by molar-refractivity contribution is 7.92. The Bertz CT molecular complexity index is 656. The molecule has 0 unspecified atom stereocenters. The summed E-state index contributed by atoms with van der Waals surface area (Å²) in [4.78, 5) is 0. The molecule has 19 heavy (non-hydrogen) atoms. The van der Waals surface area contributed by atoms with E-state index in [9.17, 15) is 8.42 Å². The monoisotopic (exact) mass is 319 g/mol. The van der Waals surface area contributed by atoms with E-state index in [0.29, 0.717) is 15.9 Å². The van der Waals surface area contributed by atoms with Gasteiger partial charge in [0.05, 0.1) is 10.0 Å². The molecule has 0 saturated heterocycles. The first-order valence-electron chi connectivity index (χ1n) is 6.09. The van der Waals surface area contributed by atoms with Crippen LogP contribution in [0.1, 0.15) is 32.6 Å². The van der Waals surface area contributed by atoms with Gasteiger partial charge in [0.25, 0.3) is 10.0 Å². The first kappa shape index (κ1) is 13.4. The molecule has 1 aromatic rings. The summed E-state index contributed by atoms with van der Waals surface area (Å²) in [5.74, 6) is 6.54. The number of sulfonamides is 1. The molecule has 0 amide bonds. The van der Waals surface area contributed by atoms with Crippen molar-refractivity contribution in [2.45, 2.75) is 36.8 Å². The maximum absolute atomic E-state index is 12.2. The molecule has 1 aromatic heterocycles. The molecule has 3 rings (SSSR count). The summed E-state index contributed by atoms with van der Waals surface area (Å²) < 4.78 is 28.9. The fourth-order valence-electron chi connectivity index (χ4n) is 2.69. The third kappa shape index (κ3) is 1.83. The normalized spacial score (nSPS) is 23.5. The maximum atomic E-state index is 12.2. The second kappa shape index (κ2) is 4.18. The van der Waals surface area contributed by atoms with Crippen LogP contribution in [0.2, 0.25) is 4.34 Å². The van der Waals surface area contributed by atoms with Gasteiger partial charge >= 0.3 is 0 Å². The lowest BCUT2D eigenvalue weighted by Crippen LogP contribution is -2.53. The van der Waals surface area contributed by atoms with Crippen LogP contribution >= 0.6 is 22.9 Å². The Kier molecular flexibility index (Phi) is 2.94. The van der Waals surface area contributed by atoms with Crippen molar-refractivity contribution in [2.24, 2.45) is 15.7 Å². The van der Waals surface area contributed by atoms with Crippen LogP contribution in [0.5, 0.6) is 0 Å². The van der Waals surface area contributed by atoms with Gasteiger partial charge < -0.3 is 0 Å². The van der Waals surface area contributed by atoms with E-state index >= 15 is 0 Å².